The minimum atomic E-state index is -0.241. The van der Waals surface area contributed by atoms with Gasteiger partial charge in [0.15, 0.2) is 0 Å². The highest BCUT2D eigenvalue weighted by molar-refractivity contribution is 7.99. The zero-order valence-electron chi connectivity index (χ0n) is 5.06. The molecular formula is C5H12FNS. The predicted molar refractivity (Wildman–Crippen MR) is 36.9 cm³/mol. The lowest BCUT2D eigenvalue weighted by atomic mass is 10.5. The molecule has 0 fully saturated rings. The first-order valence-corrected chi connectivity index (χ1v) is 3.73. The van der Waals surface area contributed by atoms with Crippen molar-refractivity contribution in [3.8, 4) is 0 Å². The zero-order valence-corrected chi connectivity index (χ0v) is 5.88. The van der Waals surface area contributed by atoms with Crippen LogP contribution in [0.3, 0.4) is 0 Å². The third kappa shape index (κ3) is 4.40. The number of rotatable bonds is 4. The van der Waals surface area contributed by atoms with Crippen LogP contribution in [0, 0.1) is 0 Å². The van der Waals surface area contributed by atoms with Crippen molar-refractivity contribution < 1.29 is 4.39 Å². The molecule has 8 heavy (non-hydrogen) atoms. The van der Waals surface area contributed by atoms with E-state index < -0.39 is 0 Å². The van der Waals surface area contributed by atoms with Crippen LogP contribution < -0.4 is 5.73 Å². The fourth-order valence-corrected chi connectivity index (χ4v) is 0.941. The van der Waals surface area contributed by atoms with Gasteiger partial charge in [0.1, 0.15) is 0 Å². The van der Waals surface area contributed by atoms with E-state index in [0.717, 1.165) is 0 Å². The first-order chi connectivity index (χ1) is 3.81. The van der Waals surface area contributed by atoms with Crippen LogP contribution in [0.2, 0.25) is 0 Å². The molecule has 0 aliphatic rings. The quantitative estimate of drug-likeness (QED) is 0.626. The maximum absolute atomic E-state index is 11.4. The van der Waals surface area contributed by atoms with E-state index in [0.29, 0.717) is 17.5 Å². The Bertz CT molecular complexity index is 51.7. The molecule has 0 aromatic carbocycles. The molecule has 2 N–H and O–H groups in total. The topological polar surface area (TPSA) is 26.0 Å². The average Bonchev–Trinajstić information content (AvgIpc) is 1.83. The van der Waals surface area contributed by atoms with Gasteiger partial charge in [0.25, 0.3) is 0 Å². The Kier molecular flexibility index (Phi) is 5.54. The van der Waals surface area contributed by atoms with Crippen LogP contribution >= 0.6 is 11.8 Å². The zero-order chi connectivity index (χ0) is 6.41. The number of halogens is 1. The van der Waals surface area contributed by atoms with Crippen molar-refractivity contribution in [2.75, 3.05) is 19.0 Å². The van der Waals surface area contributed by atoms with E-state index in [1.54, 1.807) is 11.8 Å². The highest BCUT2D eigenvalue weighted by atomic mass is 32.2. The first kappa shape index (κ1) is 8.24. The Hall–Kier alpha value is 0.240. The Balaban J connectivity index is 2.86. The molecule has 1 unspecified atom stereocenters. The molecule has 0 aromatic rings. The maximum atomic E-state index is 11.4. The van der Waals surface area contributed by atoms with Gasteiger partial charge in [-0.15, -0.1) is 0 Å². The predicted octanol–water partition coefficient (Wildman–Crippen LogP) is 1.04. The standard InChI is InChI=1S/C5H12FNS/c1-5(4-7)8-3-2-6/h5H,2-4,7H2,1H3. The van der Waals surface area contributed by atoms with Gasteiger partial charge < -0.3 is 5.73 Å². The summed E-state index contributed by atoms with van der Waals surface area (Å²) in [6.45, 7) is 2.40. The number of thioether (sulfide) groups is 1. The Morgan fingerprint density at radius 2 is 2.38 bits per heavy atom. The molecule has 0 spiro atoms. The van der Waals surface area contributed by atoms with E-state index in [9.17, 15) is 4.39 Å². The number of hydrogen-bond acceptors (Lipinski definition) is 2. The van der Waals surface area contributed by atoms with Crippen molar-refractivity contribution >= 4 is 11.8 Å². The van der Waals surface area contributed by atoms with Gasteiger partial charge in [0, 0.05) is 17.5 Å². The van der Waals surface area contributed by atoms with Gasteiger partial charge in [0.2, 0.25) is 0 Å². The molecule has 1 atom stereocenters. The minimum absolute atomic E-state index is 0.241. The molecule has 0 aliphatic carbocycles. The van der Waals surface area contributed by atoms with Gasteiger partial charge in [-0.2, -0.15) is 11.8 Å². The van der Waals surface area contributed by atoms with Gasteiger partial charge >= 0.3 is 0 Å². The third-order valence-electron chi connectivity index (χ3n) is 0.811. The molecule has 0 rings (SSSR count). The summed E-state index contributed by atoms with van der Waals surface area (Å²) < 4.78 is 11.4. The molecule has 0 aromatic heterocycles. The highest BCUT2D eigenvalue weighted by Gasteiger charge is 1.96. The van der Waals surface area contributed by atoms with E-state index in [-0.39, 0.29) is 6.67 Å². The summed E-state index contributed by atoms with van der Waals surface area (Å²) in [5.74, 6) is 0.582. The van der Waals surface area contributed by atoms with Gasteiger partial charge in [-0.05, 0) is 0 Å². The van der Waals surface area contributed by atoms with Gasteiger partial charge in [-0.3, -0.25) is 4.39 Å². The second-order valence-corrected chi connectivity index (χ2v) is 3.15. The summed E-state index contributed by atoms with van der Waals surface area (Å²) in [7, 11) is 0. The summed E-state index contributed by atoms with van der Waals surface area (Å²) in [6, 6.07) is 0. The lowest BCUT2D eigenvalue weighted by molar-refractivity contribution is 0.532. The van der Waals surface area contributed by atoms with Crippen LogP contribution in [0.15, 0.2) is 0 Å². The van der Waals surface area contributed by atoms with Gasteiger partial charge in [-0.1, -0.05) is 6.92 Å². The second-order valence-electron chi connectivity index (χ2n) is 1.61. The Morgan fingerprint density at radius 3 is 2.75 bits per heavy atom. The lowest BCUT2D eigenvalue weighted by Crippen LogP contribution is -2.13. The van der Waals surface area contributed by atoms with Crippen molar-refractivity contribution in [1.29, 1.82) is 0 Å². The summed E-state index contributed by atoms with van der Waals surface area (Å²) in [6.07, 6.45) is 0. The van der Waals surface area contributed by atoms with Crippen LogP contribution in [-0.4, -0.2) is 24.2 Å². The largest absolute Gasteiger partial charge is 0.329 e. The Morgan fingerprint density at radius 1 is 1.75 bits per heavy atom. The molecule has 0 saturated heterocycles. The van der Waals surface area contributed by atoms with Crippen LogP contribution in [0.5, 0.6) is 0 Å². The molecule has 0 radical (unpaired) electrons. The molecule has 0 aliphatic heterocycles. The molecule has 0 heterocycles. The van der Waals surface area contributed by atoms with Crippen molar-refractivity contribution in [2.45, 2.75) is 12.2 Å². The fraction of sp³-hybridized carbons (Fsp3) is 1.00. The van der Waals surface area contributed by atoms with E-state index >= 15 is 0 Å². The monoisotopic (exact) mass is 137 g/mol. The molecular weight excluding hydrogens is 125 g/mol. The van der Waals surface area contributed by atoms with E-state index in [1.807, 2.05) is 6.92 Å². The fourth-order valence-electron chi connectivity index (χ4n) is 0.314. The second kappa shape index (κ2) is 5.38. The van der Waals surface area contributed by atoms with E-state index in [1.165, 1.54) is 0 Å². The number of alkyl halides is 1. The van der Waals surface area contributed by atoms with E-state index in [2.05, 4.69) is 0 Å². The first-order valence-electron chi connectivity index (χ1n) is 2.69. The van der Waals surface area contributed by atoms with Crippen molar-refractivity contribution in [2.24, 2.45) is 5.73 Å². The molecule has 0 amide bonds. The van der Waals surface area contributed by atoms with Gasteiger partial charge in [0.05, 0.1) is 6.67 Å². The SMILES string of the molecule is CC(CN)SCCF. The summed E-state index contributed by atoms with van der Waals surface area (Å²) in [4.78, 5) is 0. The smallest absolute Gasteiger partial charge is 0.0984 e. The lowest BCUT2D eigenvalue weighted by Gasteiger charge is -2.03. The maximum Gasteiger partial charge on any atom is 0.0984 e. The van der Waals surface area contributed by atoms with E-state index in [4.69, 9.17) is 5.73 Å². The highest BCUT2D eigenvalue weighted by Crippen LogP contribution is 2.07. The third-order valence-corrected chi connectivity index (χ3v) is 1.96. The molecule has 3 heteroatoms. The Labute approximate surface area is 53.8 Å². The summed E-state index contributed by atoms with van der Waals surface area (Å²) in [5, 5.41) is 0.408. The van der Waals surface area contributed by atoms with Crippen molar-refractivity contribution in [1.82, 2.24) is 0 Å². The van der Waals surface area contributed by atoms with Crippen LogP contribution in [0.25, 0.3) is 0 Å². The molecule has 1 nitrogen and oxygen atoms in total. The van der Waals surface area contributed by atoms with Crippen LogP contribution in [0.1, 0.15) is 6.92 Å². The van der Waals surface area contributed by atoms with Crippen LogP contribution in [-0.2, 0) is 0 Å². The van der Waals surface area contributed by atoms with Crippen LogP contribution in [0.4, 0.5) is 4.39 Å². The number of hydrogen-bond donors (Lipinski definition) is 1. The van der Waals surface area contributed by atoms with Crippen molar-refractivity contribution in [3.63, 3.8) is 0 Å². The van der Waals surface area contributed by atoms with Gasteiger partial charge in [-0.25, -0.2) is 0 Å². The van der Waals surface area contributed by atoms with Crippen molar-refractivity contribution in [3.05, 3.63) is 0 Å². The average molecular weight is 137 g/mol. The molecule has 50 valence electrons. The normalized spacial score (nSPS) is 13.9. The molecule has 0 bridgehead atoms. The summed E-state index contributed by atoms with van der Waals surface area (Å²) in [5.41, 5.74) is 5.27. The number of nitrogens with two attached hydrogens (primary N) is 1. The summed E-state index contributed by atoms with van der Waals surface area (Å²) >= 11 is 1.58. The minimum Gasteiger partial charge on any atom is -0.329 e. The molecule has 0 saturated carbocycles.